The minimum absolute atomic E-state index is 0.0185. The van der Waals surface area contributed by atoms with Crippen LogP contribution in [0.15, 0.2) is 49.1 Å². The molecule has 1 N–H and O–H groups in total. The number of nitrogens with zero attached hydrogens (tertiary/aromatic N) is 7. The summed E-state index contributed by atoms with van der Waals surface area (Å²) in [7, 11) is 1.54. The maximum atomic E-state index is 12.1. The highest BCUT2D eigenvalue weighted by Crippen LogP contribution is 2.32. The number of piperazine rings is 1. The largest absolute Gasteiger partial charge is 0.375 e. The first-order valence-electron chi connectivity index (χ1n) is 10.5. The third-order valence-corrected chi connectivity index (χ3v) is 6.23. The topological polar surface area (TPSA) is 109 Å². The number of hydrogen-bond donors (Lipinski definition) is 1. The van der Waals surface area contributed by atoms with Gasteiger partial charge in [0.25, 0.3) is 0 Å². The molecule has 168 valence electrons. The van der Waals surface area contributed by atoms with E-state index in [-0.39, 0.29) is 12.5 Å². The molecule has 1 aliphatic heterocycles. The van der Waals surface area contributed by atoms with E-state index in [9.17, 15) is 4.79 Å². The van der Waals surface area contributed by atoms with Gasteiger partial charge in [-0.3, -0.25) is 4.79 Å². The van der Waals surface area contributed by atoms with Crippen molar-refractivity contribution in [2.45, 2.75) is 0 Å². The molecule has 0 aliphatic carbocycles. The van der Waals surface area contributed by atoms with Crippen LogP contribution in [0.25, 0.3) is 21.7 Å². The molecule has 0 aromatic carbocycles. The van der Waals surface area contributed by atoms with Crippen molar-refractivity contribution in [3.63, 3.8) is 0 Å². The molecule has 33 heavy (non-hydrogen) atoms. The summed E-state index contributed by atoms with van der Waals surface area (Å²) in [5, 5.41) is 4.08. The first-order valence-corrected chi connectivity index (χ1v) is 11.3. The van der Waals surface area contributed by atoms with Gasteiger partial charge in [-0.2, -0.15) is 0 Å². The maximum Gasteiger partial charge on any atom is 0.248 e. The standard InChI is InChI=1S/C22H22N8O2S/c1-32-13-19(31)30-11-9-29(10-12-30)18-3-2-7-24-20(18)28-22-27-17-5-4-16(26-21(17)33-22)15-6-8-23-14-25-15/h2-8,14H,9-13H2,1H3,(H,24,27,28). The van der Waals surface area contributed by atoms with Crippen molar-refractivity contribution in [2.75, 3.05) is 50.1 Å². The van der Waals surface area contributed by atoms with E-state index < -0.39 is 0 Å². The molecule has 11 heteroatoms. The zero-order valence-corrected chi connectivity index (χ0v) is 18.8. The van der Waals surface area contributed by atoms with E-state index in [0.29, 0.717) is 18.2 Å². The molecule has 0 bridgehead atoms. The van der Waals surface area contributed by atoms with Crippen molar-refractivity contribution in [3.8, 4) is 11.4 Å². The molecule has 0 radical (unpaired) electrons. The fourth-order valence-electron chi connectivity index (χ4n) is 3.72. The quantitative estimate of drug-likeness (QED) is 0.462. The van der Waals surface area contributed by atoms with Gasteiger partial charge in [0.05, 0.1) is 17.1 Å². The Bertz CT molecular complexity index is 1260. The van der Waals surface area contributed by atoms with Crippen molar-refractivity contribution in [2.24, 2.45) is 0 Å². The second kappa shape index (κ2) is 9.43. The summed E-state index contributed by atoms with van der Waals surface area (Å²) in [6.45, 7) is 2.85. The summed E-state index contributed by atoms with van der Waals surface area (Å²) in [5.41, 5.74) is 3.33. The monoisotopic (exact) mass is 462 g/mol. The van der Waals surface area contributed by atoms with Gasteiger partial charge in [-0.1, -0.05) is 11.3 Å². The number of fused-ring (bicyclic) bond motifs is 1. The van der Waals surface area contributed by atoms with Gasteiger partial charge in [0.2, 0.25) is 5.91 Å². The Hall–Kier alpha value is -3.70. The van der Waals surface area contributed by atoms with E-state index in [0.717, 1.165) is 46.3 Å². The zero-order chi connectivity index (χ0) is 22.6. The number of carbonyl (C=O) groups is 1. The lowest BCUT2D eigenvalue weighted by Crippen LogP contribution is -2.49. The highest BCUT2D eigenvalue weighted by molar-refractivity contribution is 7.21. The Kier molecular flexibility index (Phi) is 6.05. The molecule has 0 unspecified atom stereocenters. The van der Waals surface area contributed by atoms with E-state index in [1.807, 2.05) is 35.2 Å². The maximum absolute atomic E-state index is 12.1. The summed E-state index contributed by atoms with van der Waals surface area (Å²) in [4.78, 5) is 39.1. The number of nitrogens with one attached hydrogen (secondary N) is 1. The molecule has 1 amide bonds. The number of methoxy groups -OCH3 is 1. The normalized spacial score (nSPS) is 14.0. The van der Waals surface area contributed by atoms with Gasteiger partial charge >= 0.3 is 0 Å². The molecule has 0 spiro atoms. The molecule has 4 aromatic rings. The molecule has 0 atom stereocenters. The second-order valence-corrected chi connectivity index (χ2v) is 8.41. The molecule has 4 aromatic heterocycles. The number of hydrogen-bond acceptors (Lipinski definition) is 10. The molecular formula is C22H22N8O2S. The number of thiazole rings is 1. The molecule has 0 saturated carbocycles. The molecule has 1 saturated heterocycles. The van der Waals surface area contributed by atoms with Crippen LogP contribution in [0.1, 0.15) is 0 Å². The predicted molar refractivity (Wildman–Crippen MR) is 127 cm³/mol. The lowest BCUT2D eigenvalue weighted by Gasteiger charge is -2.36. The average Bonchev–Trinajstić information content (AvgIpc) is 3.27. The van der Waals surface area contributed by atoms with Crippen LogP contribution in [0.5, 0.6) is 0 Å². The van der Waals surface area contributed by atoms with Gasteiger partial charge in [-0.25, -0.2) is 24.9 Å². The van der Waals surface area contributed by atoms with Crippen LogP contribution in [0, 0.1) is 0 Å². The number of amides is 1. The number of aromatic nitrogens is 5. The zero-order valence-electron chi connectivity index (χ0n) is 18.0. The molecule has 5 heterocycles. The third kappa shape index (κ3) is 4.59. The van der Waals surface area contributed by atoms with Crippen LogP contribution in [-0.4, -0.2) is 75.6 Å². The minimum atomic E-state index is 0.0185. The molecule has 5 rings (SSSR count). The molecule has 1 fully saturated rings. The van der Waals surface area contributed by atoms with Gasteiger partial charge in [-0.05, 0) is 30.3 Å². The van der Waals surface area contributed by atoms with Gasteiger partial charge in [0.15, 0.2) is 10.9 Å². The van der Waals surface area contributed by atoms with Gasteiger partial charge in [0, 0.05) is 45.7 Å². The summed E-state index contributed by atoms with van der Waals surface area (Å²) in [5.74, 6) is 0.745. The summed E-state index contributed by atoms with van der Waals surface area (Å²) >= 11 is 1.46. The Morgan fingerprint density at radius 3 is 2.73 bits per heavy atom. The Balaban J connectivity index is 1.34. The van der Waals surface area contributed by atoms with E-state index in [1.165, 1.54) is 24.8 Å². The van der Waals surface area contributed by atoms with E-state index in [1.54, 1.807) is 12.4 Å². The van der Waals surface area contributed by atoms with Crippen LogP contribution >= 0.6 is 11.3 Å². The summed E-state index contributed by atoms with van der Waals surface area (Å²) in [6.07, 6.45) is 4.96. The Morgan fingerprint density at radius 2 is 1.94 bits per heavy atom. The third-order valence-electron chi connectivity index (χ3n) is 5.35. The van der Waals surface area contributed by atoms with Gasteiger partial charge in [-0.15, -0.1) is 0 Å². The second-order valence-electron chi connectivity index (χ2n) is 7.43. The molecule has 10 nitrogen and oxygen atoms in total. The highest BCUT2D eigenvalue weighted by atomic mass is 32.1. The first kappa shape index (κ1) is 21.2. The van der Waals surface area contributed by atoms with Crippen molar-refractivity contribution in [1.82, 2.24) is 29.8 Å². The highest BCUT2D eigenvalue weighted by Gasteiger charge is 2.23. The molecular weight excluding hydrogens is 440 g/mol. The summed E-state index contributed by atoms with van der Waals surface area (Å²) in [6, 6.07) is 9.62. The minimum Gasteiger partial charge on any atom is -0.375 e. The number of pyridine rings is 2. The number of carbonyl (C=O) groups excluding carboxylic acids is 1. The molecule has 1 aliphatic rings. The number of anilines is 3. The van der Waals surface area contributed by atoms with Crippen molar-refractivity contribution < 1.29 is 9.53 Å². The van der Waals surface area contributed by atoms with Crippen LogP contribution in [0.4, 0.5) is 16.6 Å². The predicted octanol–water partition coefficient (Wildman–Crippen LogP) is 2.58. The first-order chi connectivity index (χ1) is 16.2. The van der Waals surface area contributed by atoms with E-state index in [2.05, 4.69) is 30.2 Å². The van der Waals surface area contributed by atoms with E-state index in [4.69, 9.17) is 9.72 Å². The van der Waals surface area contributed by atoms with Crippen LogP contribution < -0.4 is 10.2 Å². The van der Waals surface area contributed by atoms with E-state index >= 15 is 0 Å². The average molecular weight is 463 g/mol. The fourth-order valence-corrected chi connectivity index (χ4v) is 4.55. The summed E-state index contributed by atoms with van der Waals surface area (Å²) < 4.78 is 4.97. The van der Waals surface area contributed by atoms with Gasteiger partial charge < -0.3 is 19.9 Å². The van der Waals surface area contributed by atoms with Crippen molar-refractivity contribution >= 4 is 44.2 Å². The SMILES string of the molecule is COCC(=O)N1CCN(c2cccnc2Nc2nc3ccc(-c4ccncn4)nc3s2)CC1. The van der Waals surface area contributed by atoms with Gasteiger partial charge in [0.1, 0.15) is 23.3 Å². The Morgan fingerprint density at radius 1 is 1.06 bits per heavy atom. The van der Waals surface area contributed by atoms with Crippen LogP contribution in [0.3, 0.4) is 0 Å². The van der Waals surface area contributed by atoms with Crippen LogP contribution in [0.2, 0.25) is 0 Å². The number of ether oxygens (including phenoxy) is 1. The van der Waals surface area contributed by atoms with Crippen LogP contribution in [-0.2, 0) is 9.53 Å². The number of rotatable bonds is 6. The lowest BCUT2D eigenvalue weighted by molar-refractivity contribution is -0.135. The van der Waals surface area contributed by atoms with Crippen molar-refractivity contribution in [1.29, 1.82) is 0 Å². The Labute approximate surface area is 194 Å². The fraction of sp³-hybridized carbons (Fsp3) is 0.273. The lowest BCUT2D eigenvalue weighted by atomic mass is 10.2. The van der Waals surface area contributed by atoms with Crippen molar-refractivity contribution in [3.05, 3.63) is 49.1 Å². The smallest absolute Gasteiger partial charge is 0.248 e.